The molecule has 0 aromatic carbocycles. The molecule has 3 heterocycles. The van der Waals surface area contributed by atoms with E-state index in [1.165, 1.54) is 0 Å². The maximum Gasteiger partial charge on any atom is 0.222 e. The van der Waals surface area contributed by atoms with Gasteiger partial charge in [-0.05, 0) is 29.1 Å². The second kappa shape index (κ2) is 3.29. The van der Waals surface area contributed by atoms with Crippen LogP contribution in [0, 0.1) is 0 Å². The van der Waals surface area contributed by atoms with E-state index in [0.717, 1.165) is 21.6 Å². The Labute approximate surface area is 94.0 Å². The number of halogens is 1. The van der Waals surface area contributed by atoms with Gasteiger partial charge in [0.05, 0.1) is 11.4 Å². The van der Waals surface area contributed by atoms with Crippen LogP contribution < -0.4 is 0 Å². The van der Waals surface area contributed by atoms with Crippen molar-refractivity contribution in [3.05, 3.63) is 29.0 Å². The zero-order chi connectivity index (χ0) is 10.3. The molecule has 0 spiro atoms. The van der Waals surface area contributed by atoms with Crippen LogP contribution in [0.3, 0.4) is 0 Å². The number of fused-ring (bicyclic) bond motifs is 1. The molecular weight excluding hydrogens is 232 g/mol. The smallest absolute Gasteiger partial charge is 0.222 e. The molecule has 0 atom stereocenters. The fourth-order valence-corrected chi connectivity index (χ4v) is 2.29. The SMILES string of the molecule is Clc1nccc(-c2[nH]nc3sccc23)n1. The molecule has 3 aromatic rings. The molecule has 6 heteroatoms. The number of hydrogen-bond donors (Lipinski definition) is 1. The largest absolute Gasteiger partial charge is 0.274 e. The van der Waals surface area contributed by atoms with Crippen LogP contribution in [0.2, 0.25) is 5.28 Å². The summed E-state index contributed by atoms with van der Waals surface area (Å²) in [7, 11) is 0. The Morgan fingerprint density at radius 1 is 1.33 bits per heavy atom. The maximum atomic E-state index is 5.73. The number of nitrogens with zero attached hydrogens (tertiary/aromatic N) is 3. The van der Waals surface area contributed by atoms with Crippen LogP contribution in [0.4, 0.5) is 0 Å². The monoisotopic (exact) mass is 236 g/mol. The van der Waals surface area contributed by atoms with Crippen molar-refractivity contribution in [2.75, 3.05) is 0 Å². The van der Waals surface area contributed by atoms with Gasteiger partial charge in [-0.2, -0.15) is 5.10 Å². The Balaban J connectivity index is 2.26. The summed E-state index contributed by atoms with van der Waals surface area (Å²) in [6, 6.07) is 3.81. The van der Waals surface area contributed by atoms with Gasteiger partial charge in [0, 0.05) is 11.6 Å². The van der Waals surface area contributed by atoms with Crippen molar-refractivity contribution in [3.63, 3.8) is 0 Å². The third kappa shape index (κ3) is 1.40. The fraction of sp³-hybridized carbons (Fsp3) is 0. The molecule has 74 valence electrons. The van der Waals surface area contributed by atoms with E-state index in [1.54, 1.807) is 23.6 Å². The summed E-state index contributed by atoms with van der Waals surface area (Å²) >= 11 is 7.32. The molecule has 0 amide bonds. The molecule has 0 aliphatic heterocycles. The number of nitrogens with one attached hydrogen (secondary N) is 1. The lowest BCUT2D eigenvalue weighted by molar-refractivity contribution is 1.10. The normalized spacial score (nSPS) is 11.0. The molecule has 0 fully saturated rings. The molecule has 0 aliphatic carbocycles. The molecule has 3 aromatic heterocycles. The van der Waals surface area contributed by atoms with E-state index >= 15 is 0 Å². The summed E-state index contributed by atoms with van der Waals surface area (Å²) in [6.07, 6.45) is 1.63. The number of thiophene rings is 1. The molecule has 3 rings (SSSR count). The predicted octanol–water partition coefficient (Wildman–Crippen LogP) is 2.73. The average molecular weight is 237 g/mol. The Morgan fingerprint density at radius 2 is 2.27 bits per heavy atom. The van der Waals surface area contributed by atoms with Crippen molar-refractivity contribution in [1.82, 2.24) is 20.2 Å². The van der Waals surface area contributed by atoms with Gasteiger partial charge in [-0.1, -0.05) is 0 Å². The molecule has 0 saturated heterocycles. The van der Waals surface area contributed by atoms with Crippen molar-refractivity contribution < 1.29 is 0 Å². The molecular formula is C9H5ClN4S. The molecule has 4 nitrogen and oxygen atoms in total. The lowest BCUT2D eigenvalue weighted by Crippen LogP contribution is -1.86. The Bertz CT molecular complexity index is 615. The number of rotatable bonds is 1. The average Bonchev–Trinajstić information content (AvgIpc) is 2.77. The summed E-state index contributed by atoms with van der Waals surface area (Å²) in [4.78, 5) is 8.95. The topological polar surface area (TPSA) is 54.5 Å². The van der Waals surface area contributed by atoms with Gasteiger partial charge in [0.25, 0.3) is 0 Å². The van der Waals surface area contributed by atoms with Gasteiger partial charge in [0.2, 0.25) is 5.28 Å². The summed E-state index contributed by atoms with van der Waals surface area (Å²) < 4.78 is 0. The van der Waals surface area contributed by atoms with Crippen molar-refractivity contribution in [1.29, 1.82) is 0 Å². The lowest BCUT2D eigenvalue weighted by atomic mass is 10.2. The first-order chi connectivity index (χ1) is 7.34. The number of aromatic nitrogens is 4. The summed E-state index contributed by atoms with van der Waals surface area (Å²) in [5, 5.41) is 10.4. The minimum Gasteiger partial charge on any atom is -0.274 e. The molecule has 0 unspecified atom stereocenters. The highest BCUT2D eigenvalue weighted by atomic mass is 35.5. The minimum absolute atomic E-state index is 0.241. The van der Waals surface area contributed by atoms with Crippen molar-refractivity contribution in [2.45, 2.75) is 0 Å². The fourth-order valence-electron chi connectivity index (χ4n) is 1.41. The van der Waals surface area contributed by atoms with Gasteiger partial charge in [-0.3, -0.25) is 5.10 Å². The zero-order valence-corrected chi connectivity index (χ0v) is 9.01. The van der Waals surface area contributed by atoms with Crippen molar-refractivity contribution in [3.8, 4) is 11.4 Å². The molecule has 0 saturated carbocycles. The quantitative estimate of drug-likeness (QED) is 0.661. The number of aromatic amines is 1. The third-order valence-corrected chi connectivity index (χ3v) is 3.05. The van der Waals surface area contributed by atoms with E-state index in [2.05, 4.69) is 20.2 Å². The van der Waals surface area contributed by atoms with Crippen LogP contribution in [-0.4, -0.2) is 20.2 Å². The maximum absolute atomic E-state index is 5.73. The standard InChI is InChI=1S/C9H5ClN4S/c10-9-11-3-1-6(12-9)7-5-2-4-15-8(5)14-13-7/h1-4H,(H,13,14). The van der Waals surface area contributed by atoms with Crippen molar-refractivity contribution >= 4 is 33.2 Å². The van der Waals surface area contributed by atoms with Crippen LogP contribution in [0.25, 0.3) is 21.6 Å². The molecule has 1 N–H and O–H groups in total. The van der Waals surface area contributed by atoms with E-state index in [9.17, 15) is 0 Å². The van der Waals surface area contributed by atoms with Crippen LogP contribution in [0.5, 0.6) is 0 Å². The first-order valence-corrected chi connectivity index (χ1v) is 5.51. The van der Waals surface area contributed by atoms with Crippen LogP contribution in [0.1, 0.15) is 0 Å². The Kier molecular flexibility index (Phi) is 1.93. The minimum atomic E-state index is 0.241. The van der Waals surface area contributed by atoms with Crippen molar-refractivity contribution in [2.24, 2.45) is 0 Å². The predicted molar refractivity (Wildman–Crippen MR) is 60.0 cm³/mol. The number of H-pyrrole nitrogens is 1. The first kappa shape index (κ1) is 8.82. The molecule has 0 bridgehead atoms. The highest BCUT2D eigenvalue weighted by Gasteiger charge is 2.09. The summed E-state index contributed by atoms with van der Waals surface area (Å²) in [5.74, 6) is 0. The van der Waals surface area contributed by atoms with Gasteiger partial charge in [-0.25, -0.2) is 9.97 Å². The Morgan fingerprint density at radius 3 is 3.13 bits per heavy atom. The van der Waals surface area contributed by atoms with Crippen LogP contribution in [0.15, 0.2) is 23.7 Å². The van der Waals surface area contributed by atoms with E-state index in [1.807, 2.05) is 11.4 Å². The second-order valence-corrected chi connectivity index (χ2v) is 4.18. The molecule has 0 aliphatic rings. The van der Waals surface area contributed by atoms with Gasteiger partial charge >= 0.3 is 0 Å². The highest BCUT2D eigenvalue weighted by molar-refractivity contribution is 7.16. The summed E-state index contributed by atoms with van der Waals surface area (Å²) in [5.41, 5.74) is 1.64. The van der Waals surface area contributed by atoms with Gasteiger partial charge in [0.15, 0.2) is 0 Å². The van der Waals surface area contributed by atoms with E-state index in [4.69, 9.17) is 11.6 Å². The summed E-state index contributed by atoms with van der Waals surface area (Å²) in [6.45, 7) is 0. The van der Waals surface area contributed by atoms with Gasteiger partial charge in [0.1, 0.15) is 4.83 Å². The lowest BCUT2D eigenvalue weighted by Gasteiger charge is -1.96. The molecule has 15 heavy (non-hydrogen) atoms. The van der Waals surface area contributed by atoms with Crippen LogP contribution in [-0.2, 0) is 0 Å². The van der Waals surface area contributed by atoms with E-state index in [-0.39, 0.29) is 5.28 Å². The highest BCUT2D eigenvalue weighted by Crippen LogP contribution is 2.28. The third-order valence-electron chi connectivity index (χ3n) is 2.07. The van der Waals surface area contributed by atoms with Gasteiger partial charge in [-0.15, -0.1) is 11.3 Å². The van der Waals surface area contributed by atoms with E-state index in [0.29, 0.717) is 0 Å². The first-order valence-electron chi connectivity index (χ1n) is 4.25. The number of hydrogen-bond acceptors (Lipinski definition) is 4. The molecule has 0 radical (unpaired) electrons. The van der Waals surface area contributed by atoms with E-state index < -0.39 is 0 Å². The second-order valence-electron chi connectivity index (χ2n) is 2.95. The van der Waals surface area contributed by atoms with Crippen LogP contribution >= 0.6 is 22.9 Å². The Hall–Kier alpha value is -1.46. The zero-order valence-electron chi connectivity index (χ0n) is 7.44. The van der Waals surface area contributed by atoms with Gasteiger partial charge < -0.3 is 0 Å².